The summed E-state index contributed by atoms with van der Waals surface area (Å²) < 4.78 is 90.7. The van der Waals surface area contributed by atoms with Crippen LogP contribution in [0, 0.1) is 79.3 Å². The standard InChI is InChI=1S/C63H27F6N9/c64-62(65,66)46-22-41(23-47(27-46)63(67,68)69)38-10-14-56(77-54-7-3-1-5-48(54)52-25-39(11-15-57(52)77)60-42(31-73)17-36(29-71)18-43(60)32-74)51(24-38)50-13-9-35(28-70)21-59(50)78-55-8-4-2-6-49(55)53-26-40(12-16-58(53)78)61-44(33-75)19-37(30-72)20-45(61)34-76/h1-27H. The predicted octanol–water partition coefficient (Wildman–Crippen LogP) is 15.7. The average molecular weight is 1020 g/mol. The van der Waals surface area contributed by atoms with Crippen molar-refractivity contribution in [3.63, 3.8) is 0 Å². The first kappa shape index (κ1) is 48.8. The van der Waals surface area contributed by atoms with E-state index in [-0.39, 0.29) is 56.1 Å². The number of hydrogen-bond acceptors (Lipinski definition) is 7. The summed E-state index contributed by atoms with van der Waals surface area (Å²) in [7, 11) is 0. The Hall–Kier alpha value is -11.4. The molecule has 11 aromatic rings. The van der Waals surface area contributed by atoms with Gasteiger partial charge in [-0.1, -0.05) is 60.7 Å². The molecule has 0 spiro atoms. The number of nitriles is 7. The van der Waals surface area contributed by atoms with Crippen LogP contribution in [0.3, 0.4) is 0 Å². The lowest BCUT2D eigenvalue weighted by molar-refractivity contribution is -0.143. The Morgan fingerprint density at radius 2 is 0.731 bits per heavy atom. The lowest BCUT2D eigenvalue weighted by atomic mass is 9.92. The summed E-state index contributed by atoms with van der Waals surface area (Å²) >= 11 is 0. The second-order valence-electron chi connectivity index (χ2n) is 18.1. The number of alkyl halides is 6. The van der Waals surface area contributed by atoms with Crippen molar-refractivity contribution in [3.05, 3.63) is 214 Å². The van der Waals surface area contributed by atoms with Gasteiger partial charge in [0.2, 0.25) is 0 Å². The van der Waals surface area contributed by atoms with Gasteiger partial charge in [-0.25, -0.2) is 0 Å². The Bertz CT molecular complexity index is 4650. The molecule has 9 nitrogen and oxygen atoms in total. The van der Waals surface area contributed by atoms with Crippen LogP contribution in [0.2, 0.25) is 0 Å². The average Bonchev–Trinajstić information content (AvgIpc) is 4.15. The minimum atomic E-state index is -5.15. The van der Waals surface area contributed by atoms with E-state index in [1.54, 1.807) is 60.7 Å². The fraction of sp³-hybridized carbons (Fsp3) is 0.0317. The first-order valence-electron chi connectivity index (χ1n) is 23.4. The molecular weight excluding hydrogens is 997 g/mol. The van der Waals surface area contributed by atoms with Crippen LogP contribution in [0.1, 0.15) is 50.1 Å². The second kappa shape index (κ2) is 18.5. The van der Waals surface area contributed by atoms with Crippen molar-refractivity contribution in [1.29, 1.82) is 36.8 Å². The largest absolute Gasteiger partial charge is 0.416 e. The summed E-state index contributed by atoms with van der Waals surface area (Å²) in [5, 5.41) is 73.4. The number of fused-ring (bicyclic) bond motifs is 6. The highest BCUT2D eigenvalue weighted by Crippen LogP contribution is 2.46. The summed E-state index contributed by atoms with van der Waals surface area (Å²) in [5.74, 6) is 0. The van der Waals surface area contributed by atoms with E-state index in [0.717, 1.165) is 0 Å². The van der Waals surface area contributed by atoms with Gasteiger partial charge in [0.15, 0.2) is 0 Å². The second-order valence-corrected chi connectivity index (χ2v) is 18.1. The maximum atomic E-state index is 14.5. The van der Waals surface area contributed by atoms with E-state index < -0.39 is 23.5 Å². The van der Waals surface area contributed by atoms with Crippen LogP contribution in [0.4, 0.5) is 26.3 Å². The maximum Gasteiger partial charge on any atom is 0.416 e. The Morgan fingerprint density at radius 1 is 0.308 bits per heavy atom. The van der Waals surface area contributed by atoms with E-state index in [1.807, 2.05) is 69.8 Å². The normalized spacial score (nSPS) is 11.4. The molecule has 0 bridgehead atoms. The highest BCUT2D eigenvalue weighted by Gasteiger charge is 2.37. The Balaban J connectivity index is 1.23. The molecule has 0 fully saturated rings. The van der Waals surface area contributed by atoms with Crippen LogP contribution in [0.25, 0.3) is 99.5 Å². The molecule has 0 unspecified atom stereocenters. The SMILES string of the molecule is N#Cc1cc(C#N)c(-c2ccc3c(c2)c2ccccc2n3-c2ccc(-c3cc(C(F)(F)F)cc(C(F)(F)F)c3)cc2-c2ccc(C#N)cc2-n2c3ccccc3c3cc(-c4c(C#N)cc(C#N)cc4C#N)ccc32)c(C#N)c1. The molecule has 0 radical (unpaired) electrons. The number of benzene rings is 9. The van der Waals surface area contributed by atoms with Gasteiger partial charge in [-0.2, -0.15) is 63.2 Å². The van der Waals surface area contributed by atoms with Crippen LogP contribution >= 0.6 is 0 Å². The molecule has 11 rings (SSSR count). The van der Waals surface area contributed by atoms with Crippen LogP contribution in [0.15, 0.2) is 164 Å². The highest BCUT2D eigenvalue weighted by atomic mass is 19.4. The fourth-order valence-corrected chi connectivity index (χ4v) is 10.4. The van der Waals surface area contributed by atoms with Gasteiger partial charge in [0.1, 0.15) is 0 Å². The molecule has 366 valence electrons. The van der Waals surface area contributed by atoms with Crippen LogP contribution in [-0.2, 0) is 12.4 Å². The lowest BCUT2D eigenvalue weighted by Gasteiger charge is -2.21. The van der Waals surface area contributed by atoms with E-state index in [0.29, 0.717) is 100 Å². The first-order valence-corrected chi connectivity index (χ1v) is 23.4. The third-order valence-corrected chi connectivity index (χ3v) is 13.8. The van der Waals surface area contributed by atoms with E-state index >= 15 is 0 Å². The van der Waals surface area contributed by atoms with Gasteiger partial charge in [0.05, 0.1) is 126 Å². The summed E-state index contributed by atoms with van der Waals surface area (Å²) in [4.78, 5) is 0. The molecule has 0 N–H and O–H groups in total. The van der Waals surface area contributed by atoms with Gasteiger partial charge < -0.3 is 9.13 Å². The summed E-state index contributed by atoms with van der Waals surface area (Å²) in [5.41, 5.74) is 2.93. The minimum Gasteiger partial charge on any atom is -0.309 e. The minimum absolute atomic E-state index is 0.00605. The summed E-state index contributed by atoms with van der Waals surface area (Å²) in [6.45, 7) is 0. The molecule has 0 saturated heterocycles. The molecule has 9 aromatic carbocycles. The number of nitrogens with zero attached hydrogens (tertiary/aromatic N) is 9. The summed E-state index contributed by atoms with van der Waals surface area (Å²) in [6.07, 6.45) is -10.3. The molecule has 0 aliphatic rings. The lowest BCUT2D eigenvalue weighted by Crippen LogP contribution is -2.11. The Kier molecular flexibility index (Phi) is 11.6. The zero-order valence-electron chi connectivity index (χ0n) is 39.9. The number of halogens is 6. The van der Waals surface area contributed by atoms with Crippen LogP contribution in [0.5, 0.6) is 0 Å². The number of para-hydroxylation sites is 2. The predicted molar refractivity (Wildman–Crippen MR) is 280 cm³/mol. The highest BCUT2D eigenvalue weighted by molar-refractivity contribution is 6.13. The molecule has 78 heavy (non-hydrogen) atoms. The van der Waals surface area contributed by atoms with Crippen molar-refractivity contribution in [1.82, 2.24) is 9.13 Å². The van der Waals surface area contributed by atoms with E-state index in [4.69, 9.17) is 0 Å². The smallest absolute Gasteiger partial charge is 0.309 e. The van der Waals surface area contributed by atoms with Crippen LogP contribution in [-0.4, -0.2) is 9.13 Å². The molecule has 2 heterocycles. The number of hydrogen-bond donors (Lipinski definition) is 0. The van der Waals surface area contributed by atoms with Gasteiger partial charge in [-0.05, 0) is 125 Å². The Morgan fingerprint density at radius 3 is 1.17 bits per heavy atom. The maximum absolute atomic E-state index is 14.5. The van der Waals surface area contributed by atoms with Crippen molar-refractivity contribution in [2.75, 3.05) is 0 Å². The molecule has 0 amide bonds. The topological polar surface area (TPSA) is 176 Å². The fourth-order valence-electron chi connectivity index (χ4n) is 10.4. The zero-order valence-corrected chi connectivity index (χ0v) is 39.9. The first-order chi connectivity index (χ1) is 37.6. The molecule has 2 aromatic heterocycles. The molecule has 15 heteroatoms. The van der Waals surface area contributed by atoms with Crippen molar-refractivity contribution >= 4 is 43.6 Å². The quantitative estimate of drug-likeness (QED) is 0.149. The van der Waals surface area contributed by atoms with Crippen LogP contribution < -0.4 is 0 Å². The molecule has 0 aliphatic carbocycles. The Labute approximate surface area is 438 Å². The van der Waals surface area contributed by atoms with Gasteiger partial charge in [-0.15, -0.1) is 0 Å². The van der Waals surface area contributed by atoms with Gasteiger partial charge >= 0.3 is 12.4 Å². The monoisotopic (exact) mass is 1020 g/mol. The molecule has 0 atom stereocenters. The summed E-state index contributed by atoms with van der Waals surface area (Å²) in [6, 6.07) is 56.3. The van der Waals surface area contributed by atoms with Gasteiger partial charge in [0.25, 0.3) is 0 Å². The number of aromatic nitrogens is 2. The van der Waals surface area contributed by atoms with Crippen molar-refractivity contribution in [2.45, 2.75) is 12.4 Å². The molecule has 0 aliphatic heterocycles. The van der Waals surface area contributed by atoms with E-state index in [9.17, 15) is 63.2 Å². The zero-order chi connectivity index (χ0) is 54.8. The van der Waals surface area contributed by atoms with E-state index in [1.165, 1.54) is 36.4 Å². The number of rotatable bonds is 6. The van der Waals surface area contributed by atoms with Crippen molar-refractivity contribution in [2.24, 2.45) is 0 Å². The van der Waals surface area contributed by atoms with E-state index in [2.05, 4.69) is 30.3 Å². The van der Waals surface area contributed by atoms with Crippen molar-refractivity contribution in [3.8, 4) is 98.4 Å². The van der Waals surface area contributed by atoms with Gasteiger partial charge in [0, 0.05) is 43.8 Å². The van der Waals surface area contributed by atoms with Gasteiger partial charge in [-0.3, -0.25) is 0 Å². The molecular formula is C63H27F6N9. The third kappa shape index (κ3) is 8.01. The molecule has 0 saturated carbocycles. The third-order valence-electron chi connectivity index (χ3n) is 13.8. The van der Waals surface area contributed by atoms with Crippen molar-refractivity contribution < 1.29 is 26.3 Å².